The Hall–Kier alpha value is -3.07. The third-order valence-electron chi connectivity index (χ3n) is 3.32. The van der Waals surface area contributed by atoms with Crippen molar-refractivity contribution in [3.8, 4) is 11.8 Å². The number of methoxy groups -OCH3 is 1. The highest BCUT2D eigenvalue weighted by Gasteiger charge is 2.12. The first kappa shape index (κ1) is 12.9. The molecule has 0 saturated carbocycles. The summed E-state index contributed by atoms with van der Waals surface area (Å²) in [5.74, 6) is 1.18. The number of nitrogen functional groups attached to an aromatic ring is 1. The molecule has 0 bridgehead atoms. The molecule has 0 atom stereocenters. The minimum absolute atomic E-state index is 0.380. The highest BCUT2D eigenvalue weighted by molar-refractivity contribution is 5.91. The fraction of sp³-hybridized carbons (Fsp3) is 0.133. The van der Waals surface area contributed by atoms with Gasteiger partial charge in [-0.2, -0.15) is 10.4 Å². The molecule has 0 aliphatic rings. The van der Waals surface area contributed by atoms with Crippen molar-refractivity contribution in [3.05, 3.63) is 47.8 Å². The number of hydrogen-bond acceptors (Lipinski definition) is 5. The zero-order chi connectivity index (χ0) is 14.8. The van der Waals surface area contributed by atoms with Gasteiger partial charge in [-0.1, -0.05) is 12.1 Å². The molecule has 104 valence electrons. The van der Waals surface area contributed by atoms with E-state index in [1.807, 2.05) is 24.3 Å². The third kappa shape index (κ3) is 2.25. The van der Waals surface area contributed by atoms with E-state index < -0.39 is 0 Å². The molecule has 0 aliphatic heterocycles. The molecule has 2 aromatic heterocycles. The Morgan fingerprint density at radius 3 is 2.71 bits per heavy atom. The molecule has 2 heterocycles. The maximum absolute atomic E-state index is 9.22. The molecule has 0 amide bonds. The van der Waals surface area contributed by atoms with Crippen molar-refractivity contribution in [2.24, 2.45) is 0 Å². The molecule has 0 unspecified atom stereocenters. The minimum atomic E-state index is 0.380. The summed E-state index contributed by atoms with van der Waals surface area (Å²) in [5.41, 5.74) is 8.06. The van der Waals surface area contributed by atoms with Crippen molar-refractivity contribution in [1.29, 1.82) is 5.26 Å². The van der Waals surface area contributed by atoms with Crippen molar-refractivity contribution >= 4 is 16.7 Å². The summed E-state index contributed by atoms with van der Waals surface area (Å²) in [6.07, 6.45) is 3.12. The molecular formula is C15H13N5O. The molecule has 0 saturated heterocycles. The van der Waals surface area contributed by atoms with Gasteiger partial charge >= 0.3 is 0 Å². The normalized spacial score (nSPS) is 10.5. The Morgan fingerprint density at radius 1 is 1.29 bits per heavy atom. The Morgan fingerprint density at radius 2 is 2.05 bits per heavy atom. The maximum Gasteiger partial charge on any atom is 0.134 e. The van der Waals surface area contributed by atoms with E-state index in [-0.39, 0.29) is 0 Å². The Labute approximate surface area is 121 Å². The quantitative estimate of drug-likeness (QED) is 0.791. The van der Waals surface area contributed by atoms with E-state index in [4.69, 9.17) is 10.5 Å². The van der Waals surface area contributed by atoms with Crippen LogP contribution in [0.3, 0.4) is 0 Å². The van der Waals surface area contributed by atoms with E-state index in [1.54, 1.807) is 18.0 Å². The molecule has 2 N–H and O–H groups in total. The van der Waals surface area contributed by atoms with Crippen LogP contribution < -0.4 is 10.5 Å². The molecule has 0 radical (unpaired) electrons. The van der Waals surface area contributed by atoms with E-state index in [2.05, 4.69) is 16.2 Å². The van der Waals surface area contributed by atoms with Gasteiger partial charge in [0.05, 0.1) is 36.3 Å². The predicted molar refractivity (Wildman–Crippen MR) is 78.8 cm³/mol. The number of nitriles is 1. The number of benzene rings is 1. The van der Waals surface area contributed by atoms with Gasteiger partial charge in [0.2, 0.25) is 0 Å². The zero-order valence-corrected chi connectivity index (χ0v) is 11.4. The first-order chi connectivity index (χ1) is 10.2. The monoisotopic (exact) mass is 279 g/mol. The summed E-state index contributed by atoms with van der Waals surface area (Å²) >= 11 is 0. The standard InChI is InChI=1S/C15H13N5O/c1-21-12-4-2-10(3-5-12)9-20-14-11(6-16)7-18-15(17)13(14)8-19-20/h2-5,7-8H,9H2,1H3,(H2,17,18). The first-order valence-electron chi connectivity index (χ1n) is 6.36. The Bertz CT molecular complexity index is 830. The maximum atomic E-state index is 9.22. The highest BCUT2D eigenvalue weighted by Crippen LogP contribution is 2.23. The van der Waals surface area contributed by atoms with Gasteiger partial charge in [0, 0.05) is 6.20 Å². The van der Waals surface area contributed by atoms with E-state index in [0.29, 0.717) is 28.8 Å². The van der Waals surface area contributed by atoms with Crippen molar-refractivity contribution in [2.45, 2.75) is 6.54 Å². The lowest BCUT2D eigenvalue weighted by Crippen LogP contribution is -2.03. The lowest BCUT2D eigenvalue weighted by Gasteiger charge is -2.06. The van der Waals surface area contributed by atoms with Gasteiger partial charge in [-0.25, -0.2) is 4.98 Å². The van der Waals surface area contributed by atoms with Gasteiger partial charge in [0.1, 0.15) is 17.6 Å². The van der Waals surface area contributed by atoms with Gasteiger partial charge in [-0.15, -0.1) is 0 Å². The molecule has 0 spiro atoms. The zero-order valence-electron chi connectivity index (χ0n) is 11.4. The van der Waals surface area contributed by atoms with Gasteiger partial charge in [-0.05, 0) is 17.7 Å². The van der Waals surface area contributed by atoms with E-state index in [0.717, 1.165) is 11.3 Å². The number of anilines is 1. The average molecular weight is 279 g/mol. The summed E-state index contributed by atoms with van der Waals surface area (Å²) in [6, 6.07) is 9.83. The molecule has 6 heteroatoms. The number of hydrogen-bond donors (Lipinski definition) is 1. The fourth-order valence-corrected chi connectivity index (χ4v) is 2.23. The molecule has 0 aliphatic carbocycles. The van der Waals surface area contributed by atoms with Gasteiger partial charge in [0.25, 0.3) is 0 Å². The predicted octanol–water partition coefficient (Wildman–Crippen LogP) is 1.94. The van der Waals surface area contributed by atoms with Crippen LogP contribution in [0.5, 0.6) is 5.75 Å². The minimum Gasteiger partial charge on any atom is -0.497 e. The fourth-order valence-electron chi connectivity index (χ4n) is 2.23. The van der Waals surface area contributed by atoms with Crippen LogP contribution >= 0.6 is 0 Å². The molecule has 21 heavy (non-hydrogen) atoms. The number of rotatable bonds is 3. The number of fused-ring (bicyclic) bond motifs is 1. The number of nitrogens with zero attached hydrogens (tertiary/aromatic N) is 4. The van der Waals surface area contributed by atoms with Gasteiger partial charge < -0.3 is 10.5 Å². The van der Waals surface area contributed by atoms with Crippen LogP contribution in [0.4, 0.5) is 5.82 Å². The van der Waals surface area contributed by atoms with Crippen LogP contribution in [0.15, 0.2) is 36.7 Å². The Balaban J connectivity index is 2.04. The SMILES string of the molecule is COc1ccc(Cn2ncc3c(N)ncc(C#N)c32)cc1. The van der Waals surface area contributed by atoms with Crippen molar-refractivity contribution < 1.29 is 4.74 Å². The molecule has 6 nitrogen and oxygen atoms in total. The number of ether oxygens (including phenoxy) is 1. The summed E-state index contributed by atoms with van der Waals surface area (Å²) in [5, 5.41) is 14.2. The van der Waals surface area contributed by atoms with E-state index in [1.165, 1.54) is 6.20 Å². The lowest BCUT2D eigenvalue weighted by molar-refractivity contribution is 0.414. The number of nitrogens with two attached hydrogens (primary N) is 1. The lowest BCUT2D eigenvalue weighted by atomic mass is 10.2. The number of pyridine rings is 1. The van der Waals surface area contributed by atoms with Crippen LogP contribution in [0, 0.1) is 11.3 Å². The topological polar surface area (TPSA) is 89.8 Å². The Kier molecular flexibility index (Phi) is 3.16. The molecule has 3 aromatic rings. The largest absolute Gasteiger partial charge is 0.497 e. The van der Waals surface area contributed by atoms with Gasteiger partial charge in [-0.3, -0.25) is 4.68 Å². The average Bonchev–Trinajstić information content (AvgIpc) is 2.94. The molecule has 1 aromatic carbocycles. The molecule has 3 rings (SSSR count). The van der Waals surface area contributed by atoms with Gasteiger partial charge in [0.15, 0.2) is 0 Å². The van der Waals surface area contributed by atoms with Crippen LogP contribution in [0.25, 0.3) is 10.9 Å². The highest BCUT2D eigenvalue weighted by atomic mass is 16.5. The van der Waals surface area contributed by atoms with Crippen molar-refractivity contribution in [1.82, 2.24) is 14.8 Å². The summed E-state index contributed by atoms with van der Waals surface area (Å²) in [4.78, 5) is 4.01. The summed E-state index contributed by atoms with van der Waals surface area (Å²) < 4.78 is 6.89. The van der Waals surface area contributed by atoms with Crippen LogP contribution in [-0.4, -0.2) is 21.9 Å². The third-order valence-corrected chi connectivity index (χ3v) is 3.32. The second-order valence-corrected chi connectivity index (χ2v) is 4.58. The van der Waals surface area contributed by atoms with E-state index >= 15 is 0 Å². The van der Waals surface area contributed by atoms with Crippen LogP contribution in [0.2, 0.25) is 0 Å². The van der Waals surface area contributed by atoms with Crippen molar-refractivity contribution in [2.75, 3.05) is 12.8 Å². The summed E-state index contributed by atoms with van der Waals surface area (Å²) in [7, 11) is 1.63. The second kappa shape index (κ2) is 5.13. The smallest absolute Gasteiger partial charge is 0.134 e. The van der Waals surface area contributed by atoms with Crippen LogP contribution in [0.1, 0.15) is 11.1 Å². The molecule has 0 fully saturated rings. The first-order valence-corrected chi connectivity index (χ1v) is 6.36. The van der Waals surface area contributed by atoms with E-state index in [9.17, 15) is 5.26 Å². The second-order valence-electron chi connectivity index (χ2n) is 4.58. The van der Waals surface area contributed by atoms with Crippen molar-refractivity contribution in [3.63, 3.8) is 0 Å². The molecular weight excluding hydrogens is 266 g/mol. The summed E-state index contributed by atoms with van der Waals surface area (Å²) in [6.45, 7) is 0.547. The number of aromatic nitrogens is 3. The van der Waals surface area contributed by atoms with Crippen LogP contribution in [-0.2, 0) is 6.54 Å².